The van der Waals surface area contributed by atoms with Crippen molar-refractivity contribution in [1.29, 1.82) is 0 Å². The molecule has 0 spiro atoms. The molecule has 2 atom stereocenters. The molecule has 0 aromatic carbocycles. The zero-order valence-electron chi connectivity index (χ0n) is 14.1. The summed E-state index contributed by atoms with van der Waals surface area (Å²) in [4.78, 5) is 26.6. The van der Waals surface area contributed by atoms with E-state index in [4.69, 9.17) is 4.74 Å². The number of nitrogens with zero attached hydrogens (tertiary/aromatic N) is 2. The molecule has 3 heterocycles. The van der Waals surface area contributed by atoms with Gasteiger partial charge in [0.1, 0.15) is 0 Å². The number of ether oxygens (including phenoxy) is 1. The van der Waals surface area contributed by atoms with Crippen LogP contribution in [0.25, 0.3) is 0 Å². The van der Waals surface area contributed by atoms with E-state index in [1.54, 1.807) is 4.90 Å². The summed E-state index contributed by atoms with van der Waals surface area (Å²) in [5.41, 5.74) is 1.75. The maximum atomic E-state index is 13.1. The SMILES string of the molecule is C[C@@H]1Cc2c(C(=O)N3CCNC(=O)CC3(C)C)n[nH]c2[C@H](C)O1. The first-order chi connectivity index (χ1) is 10.8. The first kappa shape index (κ1) is 16.0. The summed E-state index contributed by atoms with van der Waals surface area (Å²) in [5.74, 6) is -0.143. The lowest BCUT2D eigenvalue weighted by Gasteiger charge is -2.36. The predicted molar refractivity (Wildman–Crippen MR) is 84.0 cm³/mol. The van der Waals surface area contributed by atoms with Crippen molar-refractivity contribution in [1.82, 2.24) is 20.4 Å². The smallest absolute Gasteiger partial charge is 0.275 e. The van der Waals surface area contributed by atoms with Gasteiger partial charge in [-0.1, -0.05) is 0 Å². The molecule has 3 rings (SSSR count). The maximum absolute atomic E-state index is 13.1. The fourth-order valence-electron chi connectivity index (χ4n) is 3.52. The molecule has 2 aliphatic heterocycles. The zero-order chi connectivity index (χ0) is 16.8. The van der Waals surface area contributed by atoms with Gasteiger partial charge in [-0.15, -0.1) is 0 Å². The van der Waals surface area contributed by atoms with Gasteiger partial charge in [0.25, 0.3) is 5.91 Å². The lowest BCUT2D eigenvalue weighted by molar-refractivity contribution is -0.121. The third-order valence-electron chi connectivity index (χ3n) is 4.66. The van der Waals surface area contributed by atoms with E-state index in [0.717, 1.165) is 11.3 Å². The highest BCUT2D eigenvalue weighted by molar-refractivity contribution is 5.95. The molecule has 126 valence electrons. The van der Waals surface area contributed by atoms with Crippen molar-refractivity contribution in [3.05, 3.63) is 17.0 Å². The van der Waals surface area contributed by atoms with Crippen molar-refractivity contribution < 1.29 is 14.3 Å². The molecule has 0 saturated carbocycles. The Balaban J connectivity index is 1.93. The van der Waals surface area contributed by atoms with Gasteiger partial charge in [0.05, 0.1) is 17.9 Å². The highest BCUT2D eigenvalue weighted by Crippen LogP contribution is 2.32. The molecule has 7 heteroatoms. The van der Waals surface area contributed by atoms with Gasteiger partial charge >= 0.3 is 0 Å². The summed E-state index contributed by atoms with van der Waals surface area (Å²) in [7, 11) is 0. The van der Waals surface area contributed by atoms with Crippen LogP contribution in [-0.2, 0) is 16.0 Å². The fourth-order valence-corrected chi connectivity index (χ4v) is 3.52. The van der Waals surface area contributed by atoms with Crippen molar-refractivity contribution in [2.45, 2.75) is 58.3 Å². The minimum Gasteiger partial charge on any atom is -0.369 e. The van der Waals surface area contributed by atoms with Crippen LogP contribution in [0.2, 0.25) is 0 Å². The van der Waals surface area contributed by atoms with Crippen LogP contribution in [0, 0.1) is 0 Å². The molecule has 1 fully saturated rings. The summed E-state index contributed by atoms with van der Waals surface area (Å²) in [6, 6.07) is 0. The van der Waals surface area contributed by atoms with Crippen LogP contribution < -0.4 is 5.32 Å². The minimum absolute atomic E-state index is 0.0231. The molecule has 0 radical (unpaired) electrons. The molecule has 2 aliphatic rings. The Morgan fingerprint density at radius 3 is 2.87 bits per heavy atom. The molecule has 2 N–H and O–H groups in total. The molecule has 7 nitrogen and oxygen atoms in total. The van der Waals surface area contributed by atoms with Gasteiger partial charge in [0.2, 0.25) is 5.91 Å². The second kappa shape index (κ2) is 5.63. The summed E-state index contributed by atoms with van der Waals surface area (Å²) in [6.45, 7) is 8.75. The average molecular weight is 320 g/mol. The highest BCUT2D eigenvalue weighted by Gasteiger charge is 2.38. The predicted octanol–water partition coefficient (Wildman–Crippen LogP) is 1.17. The molecule has 0 bridgehead atoms. The largest absolute Gasteiger partial charge is 0.369 e. The van der Waals surface area contributed by atoms with Gasteiger partial charge in [0.15, 0.2) is 5.69 Å². The lowest BCUT2D eigenvalue weighted by Crippen LogP contribution is -2.48. The number of amides is 2. The Labute approximate surface area is 135 Å². The summed E-state index contributed by atoms with van der Waals surface area (Å²) < 4.78 is 5.78. The van der Waals surface area contributed by atoms with E-state index in [9.17, 15) is 9.59 Å². The number of hydrogen-bond donors (Lipinski definition) is 2. The molecule has 2 amide bonds. The summed E-state index contributed by atoms with van der Waals surface area (Å²) >= 11 is 0. The zero-order valence-corrected chi connectivity index (χ0v) is 14.1. The van der Waals surface area contributed by atoms with Gasteiger partial charge in [-0.3, -0.25) is 14.7 Å². The Kier molecular flexibility index (Phi) is 3.91. The van der Waals surface area contributed by atoms with Crippen LogP contribution >= 0.6 is 0 Å². The number of carbonyl (C=O) groups is 2. The van der Waals surface area contributed by atoms with Crippen LogP contribution in [0.15, 0.2) is 0 Å². The van der Waals surface area contributed by atoms with Crippen LogP contribution in [0.5, 0.6) is 0 Å². The molecule has 1 saturated heterocycles. The van der Waals surface area contributed by atoms with Gasteiger partial charge in [-0.25, -0.2) is 0 Å². The number of H-pyrrole nitrogens is 1. The third kappa shape index (κ3) is 2.85. The second-order valence-electron chi connectivity index (χ2n) is 7.05. The normalized spacial score (nSPS) is 27.1. The fraction of sp³-hybridized carbons (Fsp3) is 0.688. The highest BCUT2D eigenvalue weighted by atomic mass is 16.5. The van der Waals surface area contributed by atoms with Crippen molar-refractivity contribution in [3.8, 4) is 0 Å². The van der Waals surface area contributed by atoms with Crippen molar-refractivity contribution in [2.24, 2.45) is 0 Å². The molecular weight excluding hydrogens is 296 g/mol. The van der Waals surface area contributed by atoms with E-state index >= 15 is 0 Å². The van der Waals surface area contributed by atoms with E-state index in [-0.39, 0.29) is 24.0 Å². The van der Waals surface area contributed by atoms with E-state index < -0.39 is 5.54 Å². The van der Waals surface area contributed by atoms with E-state index in [0.29, 0.717) is 31.6 Å². The number of rotatable bonds is 1. The Morgan fingerprint density at radius 2 is 2.13 bits per heavy atom. The van der Waals surface area contributed by atoms with Gasteiger partial charge in [-0.05, 0) is 27.7 Å². The van der Waals surface area contributed by atoms with Gasteiger partial charge < -0.3 is 15.0 Å². The third-order valence-corrected chi connectivity index (χ3v) is 4.66. The van der Waals surface area contributed by atoms with Crippen molar-refractivity contribution in [3.63, 3.8) is 0 Å². The number of fused-ring (bicyclic) bond motifs is 1. The van der Waals surface area contributed by atoms with Crippen molar-refractivity contribution >= 4 is 11.8 Å². The topological polar surface area (TPSA) is 87.3 Å². The average Bonchev–Trinajstić information content (AvgIpc) is 2.79. The summed E-state index contributed by atoms with van der Waals surface area (Å²) in [6.07, 6.45) is 0.925. The Morgan fingerprint density at radius 1 is 1.39 bits per heavy atom. The second-order valence-corrected chi connectivity index (χ2v) is 7.05. The molecule has 1 aromatic rings. The van der Waals surface area contributed by atoms with Gasteiger partial charge in [0, 0.05) is 37.0 Å². The monoisotopic (exact) mass is 320 g/mol. The number of aromatic amines is 1. The first-order valence-electron chi connectivity index (χ1n) is 8.11. The number of carbonyl (C=O) groups excluding carboxylic acids is 2. The van der Waals surface area contributed by atoms with Crippen LogP contribution in [0.1, 0.15) is 62.0 Å². The van der Waals surface area contributed by atoms with Gasteiger partial charge in [-0.2, -0.15) is 5.10 Å². The minimum atomic E-state index is -0.536. The maximum Gasteiger partial charge on any atom is 0.275 e. The van der Waals surface area contributed by atoms with Crippen LogP contribution in [0.3, 0.4) is 0 Å². The summed E-state index contributed by atoms with van der Waals surface area (Å²) in [5, 5.41) is 10.1. The first-order valence-corrected chi connectivity index (χ1v) is 8.11. The van der Waals surface area contributed by atoms with E-state index in [1.165, 1.54) is 0 Å². The molecule has 0 unspecified atom stereocenters. The molecule has 23 heavy (non-hydrogen) atoms. The standard InChI is InChI=1S/C16H24N4O3/c1-9-7-11-13(10(2)23-9)18-19-14(11)15(22)20-6-5-17-12(21)8-16(20,3)4/h9-10H,5-8H2,1-4H3,(H,17,21)(H,18,19)/t9-,10+/m1/s1. The van der Waals surface area contributed by atoms with E-state index in [1.807, 2.05) is 27.7 Å². The van der Waals surface area contributed by atoms with Crippen LogP contribution in [0.4, 0.5) is 0 Å². The quantitative estimate of drug-likeness (QED) is 0.813. The van der Waals surface area contributed by atoms with E-state index in [2.05, 4.69) is 15.5 Å². The Bertz CT molecular complexity index is 637. The lowest BCUT2D eigenvalue weighted by atomic mass is 9.95. The van der Waals surface area contributed by atoms with Crippen molar-refractivity contribution in [2.75, 3.05) is 13.1 Å². The molecule has 0 aliphatic carbocycles. The number of aromatic nitrogens is 2. The molecular formula is C16H24N4O3. The molecule has 1 aromatic heterocycles. The number of hydrogen-bond acceptors (Lipinski definition) is 4. The Hall–Kier alpha value is -1.89. The van der Waals surface area contributed by atoms with Crippen LogP contribution in [-0.4, -0.2) is 51.6 Å². The number of nitrogens with one attached hydrogen (secondary N) is 2.